The van der Waals surface area contributed by atoms with Gasteiger partial charge in [0, 0.05) is 3.57 Å². The Balaban J connectivity index is 2.82. The van der Waals surface area contributed by atoms with E-state index in [0.717, 1.165) is 0 Å². The fourth-order valence-corrected chi connectivity index (χ4v) is 2.57. The molecule has 0 N–H and O–H groups in total. The summed E-state index contributed by atoms with van der Waals surface area (Å²) in [6, 6.07) is 4.43. The lowest BCUT2D eigenvalue weighted by Gasteiger charge is -2.09. The molecule has 0 radical (unpaired) electrons. The lowest BCUT2D eigenvalue weighted by molar-refractivity contribution is 0.381. The molecule has 0 saturated heterocycles. The second kappa shape index (κ2) is 5.07. The highest BCUT2D eigenvalue weighted by molar-refractivity contribution is 14.1. The molecule has 0 aromatic heterocycles. The molecule has 0 atom stereocenters. The van der Waals surface area contributed by atoms with Crippen molar-refractivity contribution < 1.29 is 22.0 Å². The molecule has 0 nitrogen and oxygen atoms in total. The van der Waals surface area contributed by atoms with E-state index in [2.05, 4.69) is 0 Å². The number of rotatable bonds is 1. The largest absolute Gasteiger partial charge is 0.203 e. The average molecular weight is 384 g/mol. The Bertz CT molecular complexity index is 617. The zero-order valence-corrected chi connectivity index (χ0v) is 11.7. The molecule has 6 heteroatoms. The first-order valence-electron chi connectivity index (χ1n) is 5.12. The van der Waals surface area contributed by atoms with E-state index in [9.17, 15) is 22.0 Å². The SMILES string of the molecule is Cc1cc(I)cc(-c2c(F)c(F)c(F)c(F)c2F)c1. The maximum atomic E-state index is 13.6. The Kier molecular flexibility index (Phi) is 3.80. The van der Waals surface area contributed by atoms with Crippen LogP contribution in [0.4, 0.5) is 22.0 Å². The highest BCUT2D eigenvalue weighted by Gasteiger charge is 2.26. The van der Waals surface area contributed by atoms with Crippen molar-refractivity contribution in [3.63, 3.8) is 0 Å². The average Bonchev–Trinajstić information content (AvgIpc) is 2.33. The number of aryl methyl sites for hydroxylation is 1. The van der Waals surface area contributed by atoms with Crippen LogP contribution in [0, 0.1) is 39.6 Å². The third-order valence-corrected chi connectivity index (χ3v) is 3.16. The van der Waals surface area contributed by atoms with Crippen molar-refractivity contribution in [3.8, 4) is 11.1 Å². The Morgan fingerprint density at radius 1 is 0.737 bits per heavy atom. The van der Waals surface area contributed by atoms with Gasteiger partial charge in [-0.3, -0.25) is 0 Å². The smallest absolute Gasteiger partial charge is 0.200 e. The van der Waals surface area contributed by atoms with Gasteiger partial charge in [-0.1, -0.05) is 6.07 Å². The summed E-state index contributed by atoms with van der Waals surface area (Å²) in [5.74, 6) is -9.67. The molecule has 0 spiro atoms. The van der Waals surface area contributed by atoms with Crippen LogP contribution in [0.2, 0.25) is 0 Å². The van der Waals surface area contributed by atoms with Crippen molar-refractivity contribution in [3.05, 3.63) is 56.4 Å². The highest BCUT2D eigenvalue weighted by Crippen LogP contribution is 2.32. The van der Waals surface area contributed by atoms with Crippen LogP contribution in [-0.4, -0.2) is 0 Å². The first-order chi connectivity index (χ1) is 8.82. The maximum Gasteiger partial charge on any atom is 0.200 e. The van der Waals surface area contributed by atoms with Crippen LogP contribution >= 0.6 is 22.6 Å². The lowest BCUT2D eigenvalue weighted by Crippen LogP contribution is -2.04. The van der Waals surface area contributed by atoms with Crippen LogP contribution in [0.3, 0.4) is 0 Å². The summed E-state index contributed by atoms with van der Waals surface area (Å²) < 4.78 is 67.1. The summed E-state index contributed by atoms with van der Waals surface area (Å²) in [7, 11) is 0. The standard InChI is InChI=1S/C13H6F5I/c1-5-2-6(4-7(19)3-5)8-9(14)11(16)13(18)12(17)10(8)15/h2-4H,1H3. The van der Waals surface area contributed by atoms with Crippen LogP contribution in [0.1, 0.15) is 5.56 Å². The lowest BCUT2D eigenvalue weighted by atomic mass is 10.0. The van der Waals surface area contributed by atoms with E-state index in [-0.39, 0.29) is 5.56 Å². The van der Waals surface area contributed by atoms with E-state index in [1.54, 1.807) is 13.0 Å². The summed E-state index contributed by atoms with van der Waals surface area (Å²) in [5, 5.41) is 0. The third-order valence-electron chi connectivity index (χ3n) is 2.54. The van der Waals surface area contributed by atoms with Crippen LogP contribution in [0.25, 0.3) is 11.1 Å². The van der Waals surface area contributed by atoms with Crippen molar-refractivity contribution >= 4 is 22.6 Å². The Morgan fingerprint density at radius 3 is 1.68 bits per heavy atom. The molecule has 2 aromatic carbocycles. The van der Waals surface area contributed by atoms with Crippen LogP contribution in [0.5, 0.6) is 0 Å². The van der Waals surface area contributed by atoms with Gasteiger partial charge in [0.05, 0.1) is 5.56 Å². The van der Waals surface area contributed by atoms with Gasteiger partial charge in [0.15, 0.2) is 23.3 Å². The molecule has 0 fully saturated rings. The molecule has 19 heavy (non-hydrogen) atoms. The van der Waals surface area contributed by atoms with Gasteiger partial charge in [0.1, 0.15) is 0 Å². The number of hydrogen-bond acceptors (Lipinski definition) is 0. The van der Waals surface area contributed by atoms with Gasteiger partial charge in [-0.15, -0.1) is 0 Å². The highest BCUT2D eigenvalue weighted by atomic mass is 127. The van der Waals surface area contributed by atoms with Gasteiger partial charge in [0.25, 0.3) is 0 Å². The van der Waals surface area contributed by atoms with Gasteiger partial charge < -0.3 is 0 Å². The van der Waals surface area contributed by atoms with Crippen LogP contribution in [-0.2, 0) is 0 Å². The van der Waals surface area contributed by atoms with Crippen LogP contribution < -0.4 is 0 Å². The first-order valence-corrected chi connectivity index (χ1v) is 6.19. The van der Waals surface area contributed by atoms with E-state index in [1.165, 1.54) is 12.1 Å². The van der Waals surface area contributed by atoms with Crippen molar-refractivity contribution in [2.24, 2.45) is 0 Å². The summed E-state index contributed by atoms with van der Waals surface area (Å²) in [5.41, 5.74) is -0.291. The summed E-state index contributed by atoms with van der Waals surface area (Å²) in [6.07, 6.45) is 0. The second-order valence-corrected chi connectivity index (χ2v) is 5.21. The molecule has 2 rings (SSSR count). The molecular weight excluding hydrogens is 378 g/mol. The monoisotopic (exact) mass is 384 g/mol. The minimum absolute atomic E-state index is 0.0443. The summed E-state index contributed by atoms with van der Waals surface area (Å²) in [6.45, 7) is 1.66. The number of benzene rings is 2. The quantitative estimate of drug-likeness (QED) is 0.282. The number of halogens is 6. The maximum absolute atomic E-state index is 13.6. The fraction of sp³-hybridized carbons (Fsp3) is 0.0769. The Labute approximate surface area is 119 Å². The summed E-state index contributed by atoms with van der Waals surface area (Å²) >= 11 is 1.90. The van der Waals surface area contributed by atoms with Crippen molar-refractivity contribution in [2.75, 3.05) is 0 Å². The van der Waals surface area contributed by atoms with E-state index >= 15 is 0 Å². The molecule has 0 amide bonds. The molecule has 100 valence electrons. The molecule has 0 bridgehead atoms. The van der Waals surface area contributed by atoms with Gasteiger partial charge in [0.2, 0.25) is 5.82 Å². The van der Waals surface area contributed by atoms with Gasteiger partial charge in [-0.2, -0.15) is 0 Å². The predicted molar refractivity (Wildman–Crippen MR) is 69.1 cm³/mol. The topological polar surface area (TPSA) is 0 Å². The Hall–Kier alpha value is -1.18. The third kappa shape index (κ3) is 2.45. The normalized spacial score (nSPS) is 10.9. The van der Waals surface area contributed by atoms with E-state index in [4.69, 9.17) is 0 Å². The van der Waals surface area contributed by atoms with Gasteiger partial charge in [-0.05, 0) is 52.8 Å². The molecule has 2 aromatic rings. The first kappa shape index (κ1) is 14.2. The molecule has 0 saturated carbocycles. The second-order valence-electron chi connectivity index (χ2n) is 3.96. The van der Waals surface area contributed by atoms with E-state index < -0.39 is 34.6 Å². The van der Waals surface area contributed by atoms with Gasteiger partial charge >= 0.3 is 0 Å². The predicted octanol–water partition coefficient (Wildman–Crippen LogP) is 4.96. The zero-order chi connectivity index (χ0) is 14.3. The minimum Gasteiger partial charge on any atom is -0.203 e. The van der Waals surface area contributed by atoms with Crippen molar-refractivity contribution in [1.82, 2.24) is 0 Å². The molecule has 0 aliphatic carbocycles. The Morgan fingerprint density at radius 2 is 1.21 bits per heavy atom. The van der Waals surface area contributed by atoms with E-state index in [0.29, 0.717) is 9.13 Å². The molecule has 0 aliphatic heterocycles. The minimum atomic E-state index is -2.15. The number of hydrogen-bond donors (Lipinski definition) is 0. The van der Waals surface area contributed by atoms with E-state index in [1.807, 2.05) is 22.6 Å². The molecular formula is C13H6F5I. The van der Waals surface area contributed by atoms with Crippen LogP contribution in [0.15, 0.2) is 18.2 Å². The fourth-order valence-electron chi connectivity index (χ4n) is 1.74. The summed E-state index contributed by atoms with van der Waals surface area (Å²) in [4.78, 5) is 0. The molecule has 0 unspecified atom stereocenters. The molecule has 0 aliphatic rings. The zero-order valence-electron chi connectivity index (χ0n) is 9.50. The van der Waals surface area contributed by atoms with Crippen molar-refractivity contribution in [1.29, 1.82) is 0 Å². The van der Waals surface area contributed by atoms with Crippen molar-refractivity contribution in [2.45, 2.75) is 6.92 Å². The van der Waals surface area contributed by atoms with Gasteiger partial charge in [-0.25, -0.2) is 22.0 Å². The molecule has 0 heterocycles.